The average Bonchev–Trinajstić information content (AvgIpc) is 2.68. The normalized spacial score (nSPS) is 19.3. The van der Waals surface area contributed by atoms with Crippen molar-refractivity contribution in [3.8, 4) is 17.6 Å². The van der Waals surface area contributed by atoms with E-state index in [4.69, 9.17) is 4.74 Å². The fraction of sp³-hybridized carbons (Fsp3) is 0.217. The van der Waals surface area contributed by atoms with Crippen molar-refractivity contribution in [1.82, 2.24) is 5.32 Å². The largest absolute Gasteiger partial charge is 0.457 e. The number of Topliss-reactive ketones (excluding diaryl/α,β-unsaturated/α-hetero) is 1. The Hall–Kier alpha value is -3.32. The highest BCUT2D eigenvalue weighted by Gasteiger charge is 2.35. The number of para-hydroxylation sites is 1. The van der Waals surface area contributed by atoms with E-state index in [1.807, 2.05) is 61.5 Å². The molecule has 0 radical (unpaired) electrons. The lowest BCUT2D eigenvalue weighted by atomic mass is 9.75. The molecule has 4 rings (SSSR count). The van der Waals surface area contributed by atoms with Gasteiger partial charge >= 0.3 is 0 Å². The summed E-state index contributed by atoms with van der Waals surface area (Å²) in [4.78, 5) is 12.7. The van der Waals surface area contributed by atoms with E-state index in [0.29, 0.717) is 17.7 Å². The highest BCUT2D eigenvalue weighted by molar-refractivity contribution is 5.99. The van der Waals surface area contributed by atoms with Crippen molar-refractivity contribution in [3.05, 3.63) is 82.7 Å². The summed E-state index contributed by atoms with van der Waals surface area (Å²) in [6.07, 6.45) is 2.23. The Balaban J connectivity index is 1.77. The number of ether oxygens (including phenoxy) is 1. The number of ketones is 1. The number of dihydropyridines is 1. The highest BCUT2D eigenvalue weighted by atomic mass is 16.5. The van der Waals surface area contributed by atoms with Gasteiger partial charge in [-0.2, -0.15) is 5.26 Å². The predicted octanol–water partition coefficient (Wildman–Crippen LogP) is 4.97. The maximum Gasteiger partial charge on any atom is 0.161 e. The molecule has 0 saturated heterocycles. The van der Waals surface area contributed by atoms with Gasteiger partial charge < -0.3 is 10.1 Å². The molecule has 0 spiro atoms. The van der Waals surface area contributed by atoms with E-state index < -0.39 is 0 Å². The van der Waals surface area contributed by atoms with Crippen LogP contribution in [-0.4, -0.2) is 5.78 Å². The molecule has 0 amide bonds. The van der Waals surface area contributed by atoms with Gasteiger partial charge in [-0.1, -0.05) is 30.3 Å². The number of benzene rings is 2. The van der Waals surface area contributed by atoms with Crippen molar-refractivity contribution in [3.63, 3.8) is 0 Å². The van der Waals surface area contributed by atoms with Gasteiger partial charge in [0.2, 0.25) is 0 Å². The Morgan fingerprint density at radius 1 is 1.07 bits per heavy atom. The molecule has 0 unspecified atom stereocenters. The van der Waals surface area contributed by atoms with Crippen molar-refractivity contribution in [2.45, 2.75) is 32.1 Å². The second-order valence-electron chi connectivity index (χ2n) is 6.87. The van der Waals surface area contributed by atoms with E-state index in [9.17, 15) is 10.1 Å². The molecule has 2 aliphatic rings. The van der Waals surface area contributed by atoms with Gasteiger partial charge in [-0.15, -0.1) is 0 Å². The summed E-state index contributed by atoms with van der Waals surface area (Å²) in [6.45, 7) is 1.90. The van der Waals surface area contributed by atoms with Crippen LogP contribution in [0.5, 0.6) is 11.5 Å². The zero-order chi connectivity index (χ0) is 18.8. The van der Waals surface area contributed by atoms with Crippen molar-refractivity contribution in [2.75, 3.05) is 0 Å². The Bertz CT molecular complexity index is 997. The van der Waals surface area contributed by atoms with Crippen LogP contribution in [0.2, 0.25) is 0 Å². The van der Waals surface area contributed by atoms with Gasteiger partial charge in [-0.3, -0.25) is 4.79 Å². The first-order chi connectivity index (χ1) is 13.2. The first-order valence-corrected chi connectivity index (χ1v) is 9.14. The second kappa shape index (κ2) is 7.13. The number of nitrogens with one attached hydrogen (secondary N) is 1. The summed E-state index contributed by atoms with van der Waals surface area (Å²) < 4.78 is 5.95. The van der Waals surface area contributed by atoms with Crippen molar-refractivity contribution in [1.29, 1.82) is 5.26 Å². The van der Waals surface area contributed by atoms with Crippen LogP contribution in [0, 0.1) is 11.3 Å². The quantitative estimate of drug-likeness (QED) is 0.843. The molecule has 2 aromatic rings. The maximum atomic E-state index is 12.7. The van der Waals surface area contributed by atoms with Crippen LogP contribution in [0.1, 0.15) is 37.7 Å². The van der Waals surface area contributed by atoms with Gasteiger partial charge in [0.1, 0.15) is 11.5 Å². The van der Waals surface area contributed by atoms with Crippen LogP contribution in [0.25, 0.3) is 0 Å². The molecule has 0 aromatic heterocycles. The number of nitrogens with zero attached hydrogens (tertiary/aromatic N) is 1. The average molecular weight is 356 g/mol. The predicted molar refractivity (Wildman–Crippen MR) is 103 cm³/mol. The van der Waals surface area contributed by atoms with E-state index in [2.05, 4.69) is 11.4 Å². The molecule has 1 heterocycles. The molecule has 1 aliphatic carbocycles. The van der Waals surface area contributed by atoms with E-state index in [0.717, 1.165) is 41.1 Å². The molecular formula is C23H20N2O2. The molecule has 4 nitrogen and oxygen atoms in total. The molecule has 1 aliphatic heterocycles. The minimum absolute atomic E-state index is 0.128. The number of allylic oxidation sites excluding steroid dienone is 4. The minimum Gasteiger partial charge on any atom is -0.457 e. The van der Waals surface area contributed by atoms with Gasteiger partial charge in [-0.25, -0.2) is 0 Å². The lowest BCUT2D eigenvalue weighted by Gasteiger charge is -2.32. The molecule has 0 saturated carbocycles. The first kappa shape index (κ1) is 17.1. The van der Waals surface area contributed by atoms with Crippen LogP contribution in [0.4, 0.5) is 0 Å². The Labute approximate surface area is 158 Å². The molecule has 0 fully saturated rings. The topological polar surface area (TPSA) is 62.1 Å². The lowest BCUT2D eigenvalue weighted by Crippen LogP contribution is -2.31. The third-order valence-corrected chi connectivity index (χ3v) is 5.07. The van der Waals surface area contributed by atoms with Crippen LogP contribution < -0.4 is 10.1 Å². The summed E-state index contributed by atoms with van der Waals surface area (Å²) in [7, 11) is 0. The molecule has 4 heteroatoms. The lowest BCUT2D eigenvalue weighted by molar-refractivity contribution is -0.116. The van der Waals surface area contributed by atoms with Crippen molar-refractivity contribution < 1.29 is 9.53 Å². The molecule has 1 atom stereocenters. The summed E-state index contributed by atoms with van der Waals surface area (Å²) >= 11 is 0. The fourth-order valence-electron chi connectivity index (χ4n) is 3.85. The number of rotatable bonds is 3. The summed E-state index contributed by atoms with van der Waals surface area (Å²) in [5.74, 6) is 1.24. The first-order valence-electron chi connectivity index (χ1n) is 9.14. The fourth-order valence-corrected chi connectivity index (χ4v) is 3.85. The molecular weight excluding hydrogens is 336 g/mol. The minimum atomic E-state index is -0.335. The third kappa shape index (κ3) is 3.24. The van der Waals surface area contributed by atoms with E-state index >= 15 is 0 Å². The van der Waals surface area contributed by atoms with Gasteiger partial charge in [0, 0.05) is 23.4 Å². The molecule has 1 N–H and O–H groups in total. The molecule has 27 heavy (non-hydrogen) atoms. The Morgan fingerprint density at radius 3 is 2.63 bits per heavy atom. The summed E-state index contributed by atoms with van der Waals surface area (Å²) in [6, 6.07) is 19.6. The van der Waals surface area contributed by atoms with Gasteiger partial charge in [0.05, 0.1) is 17.6 Å². The standard InChI is InChI=1S/C23H20N2O2/c1-15-19(14-24)22(23-20(25-15)11-6-12-21(23)26)16-7-5-10-18(13-16)27-17-8-3-2-4-9-17/h2-5,7-10,13,22,25H,6,11-12H2,1H3/t22-/m0/s1. The molecule has 0 bridgehead atoms. The summed E-state index contributed by atoms with van der Waals surface area (Å²) in [5.41, 5.74) is 4.03. The van der Waals surface area contributed by atoms with E-state index in [-0.39, 0.29) is 11.7 Å². The molecule has 2 aromatic carbocycles. The van der Waals surface area contributed by atoms with Gasteiger partial charge in [0.15, 0.2) is 5.78 Å². The monoisotopic (exact) mass is 356 g/mol. The van der Waals surface area contributed by atoms with Crippen LogP contribution in [0.15, 0.2) is 77.1 Å². The SMILES string of the molecule is CC1=C(C#N)[C@H](c2cccc(Oc3ccccc3)c2)C2=C(CCCC2=O)N1. The van der Waals surface area contributed by atoms with E-state index in [1.54, 1.807) is 0 Å². The number of carbonyl (C=O) groups excluding carboxylic acids is 1. The second-order valence-corrected chi connectivity index (χ2v) is 6.87. The van der Waals surface area contributed by atoms with E-state index in [1.165, 1.54) is 0 Å². The van der Waals surface area contributed by atoms with Crippen LogP contribution in [0.3, 0.4) is 0 Å². The number of hydrogen-bond donors (Lipinski definition) is 1. The maximum absolute atomic E-state index is 12.7. The third-order valence-electron chi connectivity index (χ3n) is 5.07. The highest BCUT2D eigenvalue weighted by Crippen LogP contribution is 2.42. The van der Waals surface area contributed by atoms with Crippen molar-refractivity contribution in [2.24, 2.45) is 0 Å². The van der Waals surface area contributed by atoms with Gasteiger partial charge in [0.25, 0.3) is 0 Å². The Kier molecular flexibility index (Phi) is 4.52. The van der Waals surface area contributed by atoms with Crippen molar-refractivity contribution >= 4 is 5.78 Å². The number of nitriles is 1. The number of carbonyl (C=O) groups is 1. The summed E-state index contributed by atoms with van der Waals surface area (Å²) in [5, 5.41) is 13.0. The van der Waals surface area contributed by atoms with Crippen LogP contribution in [-0.2, 0) is 4.79 Å². The van der Waals surface area contributed by atoms with Gasteiger partial charge in [-0.05, 0) is 49.6 Å². The smallest absolute Gasteiger partial charge is 0.161 e. The Morgan fingerprint density at radius 2 is 1.85 bits per heavy atom. The zero-order valence-electron chi connectivity index (χ0n) is 15.2. The number of hydrogen-bond acceptors (Lipinski definition) is 4. The zero-order valence-corrected chi connectivity index (χ0v) is 15.2. The van der Waals surface area contributed by atoms with Crippen LogP contribution >= 0.6 is 0 Å². The molecule has 134 valence electrons.